The number of hydrogen-bond acceptors (Lipinski definition) is 7. The minimum Gasteiger partial charge on any atom is -0.497 e. The van der Waals surface area contributed by atoms with Gasteiger partial charge in [-0.1, -0.05) is 25.6 Å². The van der Waals surface area contributed by atoms with E-state index in [4.69, 9.17) is 9.47 Å². The highest BCUT2D eigenvalue weighted by Gasteiger charge is 2.17. The maximum Gasteiger partial charge on any atom is 0.234 e. The summed E-state index contributed by atoms with van der Waals surface area (Å²) in [7, 11) is 1.65. The molecule has 1 N–H and O–H groups in total. The molecule has 0 radical (unpaired) electrons. The van der Waals surface area contributed by atoms with Crippen molar-refractivity contribution in [1.29, 1.82) is 0 Å². The number of morpholine rings is 1. The van der Waals surface area contributed by atoms with E-state index in [1.807, 2.05) is 48.5 Å². The Labute approximate surface area is 204 Å². The van der Waals surface area contributed by atoms with Crippen LogP contribution in [0.4, 0.5) is 11.4 Å². The summed E-state index contributed by atoms with van der Waals surface area (Å²) >= 11 is 1.40. The lowest BCUT2D eigenvalue weighted by molar-refractivity contribution is -0.113. The van der Waals surface area contributed by atoms with Gasteiger partial charge in [0.1, 0.15) is 5.75 Å². The number of rotatable bonds is 9. The maximum absolute atomic E-state index is 12.6. The zero-order valence-electron chi connectivity index (χ0n) is 19.9. The Morgan fingerprint density at radius 1 is 1.09 bits per heavy atom. The van der Waals surface area contributed by atoms with Crippen molar-refractivity contribution in [3.63, 3.8) is 0 Å². The average molecular weight is 482 g/mol. The van der Waals surface area contributed by atoms with Crippen molar-refractivity contribution in [3.05, 3.63) is 48.5 Å². The van der Waals surface area contributed by atoms with Crippen LogP contribution < -0.4 is 15.0 Å². The van der Waals surface area contributed by atoms with E-state index in [9.17, 15) is 4.79 Å². The number of benzene rings is 2. The van der Waals surface area contributed by atoms with E-state index < -0.39 is 0 Å². The summed E-state index contributed by atoms with van der Waals surface area (Å²) in [5.74, 6) is 2.17. The van der Waals surface area contributed by atoms with Crippen LogP contribution in [0.1, 0.15) is 13.8 Å². The van der Waals surface area contributed by atoms with Crippen molar-refractivity contribution in [2.75, 3.05) is 49.4 Å². The van der Waals surface area contributed by atoms with E-state index in [-0.39, 0.29) is 11.7 Å². The van der Waals surface area contributed by atoms with Gasteiger partial charge in [0.25, 0.3) is 0 Å². The predicted molar refractivity (Wildman–Crippen MR) is 136 cm³/mol. The highest BCUT2D eigenvalue weighted by Crippen LogP contribution is 2.27. The van der Waals surface area contributed by atoms with Crippen LogP contribution in [0.3, 0.4) is 0 Å². The molecule has 1 fully saturated rings. The standard InChI is InChI=1S/C25H31N5O3S/c1-18(2)16-30-24(19-4-10-22(32-3)11-5-19)27-28-25(30)34-17-23(31)26-20-6-8-21(9-7-20)29-12-14-33-15-13-29/h4-11,18H,12-17H2,1-3H3,(H,26,31). The van der Waals surface area contributed by atoms with Crippen LogP contribution in [0.15, 0.2) is 53.7 Å². The average Bonchev–Trinajstić information content (AvgIpc) is 3.25. The lowest BCUT2D eigenvalue weighted by atomic mass is 10.2. The molecule has 1 saturated heterocycles. The Morgan fingerprint density at radius 2 is 1.79 bits per heavy atom. The van der Waals surface area contributed by atoms with Crippen LogP contribution >= 0.6 is 11.8 Å². The number of thioether (sulfide) groups is 1. The van der Waals surface area contributed by atoms with Gasteiger partial charge in [0.2, 0.25) is 5.91 Å². The Morgan fingerprint density at radius 3 is 2.44 bits per heavy atom. The molecule has 0 aliphatic carbocycles. The first-order chi connectivity index (χ1) is 16.5. The molecule has 1 aromatic heterocycles. The molecule has 3 aromatic rings. The number of nitrogens with zero attached hydrogens (tertiary/aromatic N) is 4. The second-order valence-electron chi connectivity index (χ2n) is 8.52. The van der Waals surface area contributed by atoms with E-state index in [1.165, 1.54) is 11.8 Å². The Hall–Kier alpha value is -3.04. The second-order valence-corrected chi connectivity index (χ2v) is 9.46. The van der Waals surface area contributed by atoms with Gasteiger partial charge in [-0.05, 0) is 54.4 Å². The second kappa shape index (κ2) is 11.4. The highest BCUT2D eigenvalue weighted by molar-refractivity contribution is 7.99. The SMILES string of the molecule is COc1ccc(-c2nnc(SCC(=O)Nc3ccc(N4CCOCC4)cc3)n2CC(C)C)cc1. The molecule has 0 spiro atoms. The van der Waals surface area contributed by atoms with Crippen molar-refractivity contribution < 1.29 is 14.3 Å². The zero-order valence-corrected chi connectivity index (χ0v) is 20.7. The van der Waals surface area contributed by atoms with Crippen LogP contribution in [0.2, 0.25) is 0 Å². The Balaban J connectivity index is 1.39. The number of carbonyl (C=O) groups is 1. The molecule has 180 valence electrons. The van der Waals surface area contributed by atoms with Crippen LogP contribution in [-0.2, 0) is 16.1 Å². The molecular formula is C25H31N5O3S. The van der Waals surface area contributed by atoms with Gasteiger partial charge in [0.05, 0.1) is 26.1 Å². The summed E-state index contributed by atoms with van der Waals surface area (Å²) in [5.41, 5.74) is 2.89. The lowest BCUT2D eigenvalue weighted by Gasteiger charge is -2.28. The molecule has 0 bridgehead atoms. The number of amides is 1. The summed E-state index contributed by atoms with van der Waals surface area (Å²) in [6, 6.07) is 15.7. The normalized spacial score (nSPS) is 13.8. The molecule has 9 heteroatoms. The summed E-state index contributed by atoms with van der Waals surface area (Å²) in [6.07, 6.45) is 0. The summed E-state index contributed by atoms with van der Waals surface area (Å²) in [5, 5.41) is 12.5. The fraction of sp³-hybridized carbons (Fsp3) is 0.400. The van der Waals surface area contributed by atoms with Crippen LogP contribution in [0, 0.1) is 5.92 Å². The maximum atomic E-state index is 12.6. The largest absolute Gasteiger partial charge is 0.497 e. The first-order valence-corrected chi connectivity index (χ1v) is 12.4. The number of carbonyl (C=O) groups excluding carboxylic acids is 1. The summed E-state index contributed by atoms with van der Waals surface area (Å²) in [6.45, 7) is 8.34. The molecule has 1 amide bonds. The highest BCUT2D eigenvalue weighted by atomic mass is 32.2. The molecule has 0 saturated carbocycles. The Kier molecular flexibility index (Phi) is 8.08. The number of ether oxygens (including phenoxy) is 2. The predicted octanol–water partition coefficient (Wildman–Crippen LogP) is 4.18. The van der Waals surface area contributed by atoms with Gasteiger partial charge < -0.3 is 24.3 Å². The molecule has 1 aliphatic rings. The number of aromatic nitrogens is 3. The van der Waals surface area contributed by atoms with Crippen molar-refractivity contribution in [2.24, 2.45) is 5.92 Å². The smallest absolute Gasteiger partial charge is 0.234 e. The van der Waals surface area contributed by atoms with Crippen LogP contribution in [-0.4, -0.2) is 59.8 Å². The third-order valence-electron chi connectivity index (χ3n) is 5.47. The summed E-state index contributed by atoms with van der Waals surface area (Å²) < 4.78 is 12.8. The minimum absolute atomic E-state index is 0.0748. The summed E-state index contributed by atoms with van der Waals surface area (Å²) in [4.78, 5) is 14.9. The number of anilines is 2. The van der Waals surface area contributed by atoms with Crippen molar-refractivity contribution >= 4 is 29.0 Å². The molecule has 34 heavy (non-hydrogen) atoms. The fourth-order valence-corrected chi connectivity index (χ4v) is 4.53. The van der Waals surface area contributed by atoms with Crippen molar-refractivity contribution in [2.45, 2.75) is 25.5 Å². The van der Waals surface area contributed by atoms with Gasteiger partial charge in [-0.3, -0.25) is 4.79 Å². The van der Waals surface area contributed by atoms with Gasteiger partial charge in [-0.2, -0.15) is 0 Å². The lowest BCUT2D eigenvalue weighted by Crippen LogP contribution is -2.36. The quantitative estimate of drug-likeness (QED) is 0.459. The Bertz CT molecular complexity index is 1080. The molecule has 2 aromatic carbocycles. The number of methoxy groups -OCH3 is 1. The van der Waals surface area contributed by atoms with E-state index in [0.29, 0.717) is 5.92 Å². The topological polar surface area (TPSA) is 81.5 Å². The first-order valence-electron chi connectivity index (χ1n) is 11.5. The monoisotopic (exact) mass is 481 g/mol. The molecule has 4 rings (SSSR count). The molecule has 2 heterocycles. The minimum atomic E-state index is -0.0748. The first kappa shape index (κ1) is 24.1. The van der Waals surface area contributed by atoms with Gasteiger partial charge in [-0.25, -0.2) is 0 Å². The van der Waals surface area contributed by atoms with Crippen molar-refractivity contribution in [1.82, 2.24) is 14.8 Å². The molecule has 0 unspecified atom stereocenters. The van der Waals surface area contributed by atoms with Gasteiger partial charge in [0, 0.05) is 36.6 Å². The third-order valence-corrected chi connectivity index (χ3v) is 6.44. The van der Waals surface area contributed by atoms with Gasteiger partial charge >= 0.3 is 0 Å². The number of hydrogen-bond donors (Lipinski definition) is 1. The zero-order chi connectivity index (χ0) is 23.9. The van der Waals surface area contributed by atoms with Crippen LogP contribution in [0.5, 0.6) is 5.75 Å². The fourth-order valence-electron chi connectivity index (χ4n) is 3.78. The van der Waals surface area contributed by atoms with Gasteiger partial charge in [-0.15, -0.1) is 10.2 Å². The molecule has 0 atom stereocenters. The van der Waals surface area contributed by atoms with E-state index in [2.05, 4.69) is 38.8 Å². The van der Waals surface area contributed by atoms with E-state index >= 15 is 0 Å². The van der Waals surface area contributed by atoms with Crippen LogP contribution in [0.25, 0.3) is 11.4 Å². The van der Waals surface area contributed by atoms with Crippen molar-refractivity contribution in [3.8, 4) is 17.1 Å². The third kappa shape index (κ3) is 6.09. The molecule has 1 aliphatic heterocycles. The molecular weight excluding hydrogens is 450 g/mol. The van der Waals surface area contributed by atoms with E-state index in [1.54, 1.807) is 7.11 Å². The number of nitrogens with one attached hydrogen (secondary N) is 1. The van der Waals surface area contributed by atoms with E-state index in [0.717, 1.165) is 66.5 Å². The van der Waals surface area contributed by atoms with Gasteiger partial charge in [0.15, 0.2) is 11.0 Å². The molecule has 8 nitrogen and oxygen atoms in total.